The van der Waals surface area contributed by atoms with Crippen molar-refractivity contribution in [1.82, 2.24) is 15.0 Å². The fourth-order valence-electron chi connectivity index (χ4n) is 1.56. The number of pyridine rings is 1. The van der Waals surface area contributed by atoms with Gasteiger partial charge in [0, 0.05) is 29.4 Å². The minimum absolute atomic E-state index is 0.733. The number of nitrogens with two attached hydrogens (primary N) is 1. The average Bonchev–Trinajstić information content (AvgIpc) is 2.87. The van der Waals surface area contributed by atoms with Crippen molar-refractivity contribution in [2.75, 3.05) is 5.73 Å². The Morgan fingerprint density at radius 3 is 3.07 bits per heavy atom. The highest BCUT2D eigenvalue weighted by atomic mass is 32.1. The van der Waals surface area contributed by atoms with Gasteiger partial charge in [-0.25, -0.2) is 9.97 Å². The van der Waals surface area contributed by atoms with E-state index in [0.717, 1.165) is 27.3 Å². The van der Waals surface area contributed by atoms with E-state index in [1.165, 1.54) is 0 Å². The van der Waals surface area contributed by atoms with Gasteiger partial charge in [-0.1, -0.05) is 0 Å². The zero-order valence-corrected chi connectivity index (χ0v) is 8.58. The maximum atomic E-state index is 6.06. The highest BCUT2D eigenvalue weighted by Gasteiger charge is 2.09. The Balaban J connectivity index is 2.32. The monoisotopic (exact) mass is 216 g/mol. The normalized spacial score (nSPS) is 10.9. The largest absolute Gasteiger partial charge is 0.398 e. The van der Waals surface area contributed by atoms with Crippen LogP contribution in [-0.2, 0) is 0 Å². The summed E-state index contributed by atoms with van der Waals surface area (Å²) in [7, 11) is 0. The Bertz CT molecular complexity index is 597. The van der Waals surface area contributed by atoms with Crippen molar-refractivity contribution >= 4 is 28.1 Å². The first-order valence-corrected chi connectivity index (χ1v) is 5.35. The van der Waals surface area contributed by atoms with Gasteiger partial charge < -0.3 is 10.7 Å². The molecule has 3 aromatic rings. The molecule has 0 atom stereocenters. The first-order valence-electron chi connectivity index (χ1n) is 4.47. The number of nitrogens with one attached hydrogen (secondary N) is 1. The predicted molar refractivity (Wildman–Crippen MR) is 61.6 cm³/mol. The number of aromatic nitrogens is 3. The summed E-state index contributed by atoms with van der Waals surface area (Å²) in [6.07, 6.45) is 5.35. The van der Waals surface area contributed by atoms with Gasteiger partial charge in [0.1, 0.15) is 10.7 Å². The van der Waals surface area contributed by atoms with E-state index in [0.29, 0.717) is 0 Å². The van der Waals surface area contributed by atoms with Crippen molar-refractivity contribution < 1.29 is 0 Å². The minimum Gasteiger partial charge on any atom is -0.398 e. The Labute approximate surface area is 89.8 Å². The van der Waals surface area contributed by atoms with Gasteiger partial charge in [0.05, 0.1) is 11.3 Å². The summed E-state index contributed by atoms with van der Waals surface area (Å²) in [5.41, 5.74) is 8.51. The third-order valence-corrected chi connectivity index (χ3v) is 3.10. The van der Waals surface area contributed by atoms with Crippen molar-refractivity contribution in [3.05, 3.63) is 30.0 Å². The molecule has 3 heterocycles. The molecule has 0 saturated carbocycles. The maximum absolute atomic E-state index is 6.06. The molecule has 3 aromatic heterocycles. The third-order valence-electron chi connectivity index (χ3n) is 2.29. The van der Waals surface area contributed by atoms with E-state index in [4.69, 9.17) is 5.73 Å². The smallest absolute Gasteiger partial charge is 0.139 e. The highest BCUT2D eigenvalue weighted by Crippen LogP contribution is 2.31. The molecular formula is C10H8N4S. The number of thiazole rings is 1. The van der Waals surface area contributed by atoms with Crippen LogP contribution in [0.15, 0.2) is 30.0 Å². The molecular weight excluding hydrogens is 208 g/mol. The van der Waals surface area contributed by atoms with Crippen LogP contribution < -0.4 is 5.73 Å². The number of H-pyrrole nitrogens is 1. The van der Waals surface area contributed by atoms with Gasteiger partial charge in [-0.3, -0.25) is 0 Å². The van der Waals surface area contributed by atoms with Crippen molar-refractivity contribution in [1.29, 1.82) is 0 Å². The second-order valence-corrected chi connectivity index (χ2v) is 4.06. The molecule has 0 aliphatic carbocycles. The predicted octanol–water partition coefficient (Wildman–Crippen LogP) is 2.27. The zero-order valence-electron chi connectivity index (χ0n) is 7.77. The lowest BCUT2D eigenvalue weighted by Gasteiger charge is -2.02. The second kappa shape index (κ2) is 3.06. The number of nitrogens with zero attached hydrogens (tertiary/aromatic N) is 2. The van der Waals surface area contributed by atoms with Crippen molar-refractivity contribution in [2.24, 2.45) is 0 Å². The van der Waals surface area contributed by atoms with E-state index in [2.05, 4.69) is 15.0 Å². The summed E-state index contributed by atoms with van der Waals surface area (Å²) >= 11 is 1.56. The molecule has 3 N–H and O–H groups in total. The van der Waals surface area contributed by atoms with E-state index in [9.17, 15) is 0 Å². The van der Waals surface area contributed by atoms with Gasteiger partial charge in [-0.15, -0.1) is 11.3 Å². The molecule has 0 aliphatic rings. The molecule has 0 saturated heterocycles. The molecule has 0 spiro atoms. The maximum Gasteiger partial charge on any atom is 0.139 e. The number of fused-ring (bicyclic) bond motifs is 1. The zero-order chi connectivity index (χ0) is 10.3. The van der Waals surface area contributed by atoms with E-state index in [1.54, 1.807) is 23.7 Å². The van der Waals surface area contributed by atoms with Crippen LogP contribution in [0, 0.1) is 0 Å². The standard InChI is InChI=1S/C10H8N4S/c11-8-6-1-2-12-9(6)14-5-7(8)10-13-3-4-15-10/h1-5H,(H3,11,12,14). The fourth-order valence-corrected chi connectivity index (χ4v) is 2.22. The number of hydrogen-bond acceptors (Lipinski definition) is 4. The molecule has 0 unspecified atom stereocenters. The molecule has 0 bridgehead atoms. The lowest BCUT2D eigenvalue weighted by atomic mass is 10.2. The Morgan fingerprint density at radius 1 is 1.33 bits per heavy atom. The molecule has 0 aliphatic heterocycles. The number of anilines is 1. The highest BCUT2D eigenvalue weighted by molar-refractivity contribution is 7.13. The minimum atomic E-state index is 0.733. The summed E-state index contributed by atoms with van der Waals surface area (Å²) in [5.74, 6) is 0. The molecule has 0 amide bonds. The van der Waals surface area contributed by atoms with Crippen LogP contribution in [0.4, 0.5) is 5.69 Å². The number of nitrogen functional groups attached to an aromatic ring is 1. The number of rotatable bonds is 1. The number of aromatic amines is 1. The van der Waals surface area contributed by atoms with Gasteiger partial charge in [0.15, 0.2) is 0 Å². The van der Waals surface area contributed by atoms with Gasteiger partial charge in [0.25, 0.3) is 0 Å². The summed E-state index contributed by atoms with van der Waals surface area (Å²) in [4.78, 5) is 11.5. The van der Waals surface area contributed by atoms with Gasteiger partial charge in [0.2, 0.25) is 0 Å². The lowest BCUT2D eigenvalue weighted by molar-refractivity contribution is 1.32. The van der Waals surface area contributed by atoms with Crippen LogP contribution >= 0.6 is 11.3 Å². The third kappa shape index (κ3) is 1.20. The van der Waals surface area contributed by atoms with Crippen molar-refractivity contribution in [3.8, 4) is 10.6 Å². The molecule has 0 aromatic carbocycles. The van der Waals surface area contributed by atoms with Crippen LogP contribution in [0.5, 0.6) is 0 Å². The van der Waals surface area contributed by atoms with E-state index in [-0.39, 0.29) is 0 Å². The molecule has 4 nitrogen and oxygen atoms in total. The summed E-state index contributed by atoms with van der Waals surface area (Å²) in [6.45, 7) is 0. The first-order chi connectivity index (χ1) is 7.36. The molecule has 3 rings (SSSR count). The quantitative estimate of drug-likeness (QED) is 0.655. The van der Waals surface area contributed by atoms with E-state index >= 15 is 0 Å². The Kier molecular flexibility index (Phi) is 1.72. The van der Waals surface area contributed by atoms with Crippen molar-refractivity contribution in [2.45, 2.75) is 0 Å². The van der Waals surface area contributed by atoms with Crippen LogP contribution in [0.2, 0.25) is 0 Å². The van der Waals surface area contributed by atoms with Gasteiger partial charge in [-0.2, -0.15) is 0 Å². The van der Waals surface area contributed by atoms with Gasteiger partial charge in [-0.05, 0) is 6.07 Å². The topological polar surface area (TPSA) is 67.6 Å². The van der Waals surface area contributed by atoms with Crippen LogP contribution in [-0.4, -0.2) is 15.0 Å². The molecule has 0 fully saturated rings. The fraction of sp³-hybridized carbons (Fsp3) is 0. The van der Waals surface area contributed by atoms with E-state index in [1.807, 2.05) is 17.6 Å². The van der Waals surface area contributed by atoms with Crippen molar-refractivity contribution in [3.63, 3.8) is 0 Å². The SMILES string of the molecule is Nc1c(-c2nccs2)cnc2[nH]ccc12. The van der Waals surface area contributed by atoms with E-state index < -0.39 is 0 Å². The summed E-state index contributed by atoms with van der Waals surface area (Å²) < 4.78 is 0. The first kappa shape index (κ1) is 8.43. The van der Waals surface area contributed by atoms with Gasteiger partial charge >= 0.3 is 0 Å². The molecule has 0 radical (unpaired) electrons. The summed E-state index contributed by atoms with van der Waals surface area (Å²) in [6, 6.07) is 1.93. The Morgan fingerprint density at radius 2 is 2.27 bits per heavy atom. The Hall–Kier alpha value is -1.88. The average molecular weight is 216 g/mol. The van der Waals surface area contributed by atoms with Crippen LogP contribution in [0.3, 0.4) is 0 Å². The lowest BCUT2D eigenvalue weighted by Crippen LogP contribution is -1.92. The number of hydrogen-bond donors (Lipinski definition) is 2. The second-order valence-electron chi connectivity index (χ2n) is 3.16. The molecule has 74 valence electrons. The molecule has 5 heteroatoms. The van der Waals surface area contributed by atoms with Crippen LogP contribution in [0.1, 0.15) is 0 Å². The molecule has 15 heavy (non-hydrogen) atoms. The van der Waals surface area contributed by atoms with Crippen LogP contribution in [0.25, 0.3) is 21.6 Å². The summed E-state index contributed by atoms with van der Waals surface area (Å²) in [5, 5.41) is 3.78.